The van der Waals surface area contributed by atoms with Gasteiger partial charge in [-0.2, -0.15) is 0 Å². The average molecular weight is 176 g/mol. The average Bonchev–Trinajstić information content (AvgIpc) is 2.15. The molecule has 0 unspecified atom stereocenters. The molecule has 70 valence electrons. The van der Waals surface area contributed by atoms with E-state index in [-0.39, 0.29) is 0 Å². The zero-order valence-corrected chi connectivity index (χ0v) is 8.25. The molecule has 1 heterocycles. The summed E-state index contributed by atoms with van der Waals surface area (Å²) in [5, 5.41) is 3.10. The van der Waals surface area contributed by atoms with E-state index in [1.54, 1.807) is 0 Å². The summed E-state index contributed by atoms with van der Waals surface area (Å²) in [5.41, 5.74) is 2.29. The molecule has 0 saturated heterocycles. The molecule has 13 heavy (non-hydrogen) atoms. The summed E-state index contributed by atoms with van der Waals surface area (Å²) < 4.78 is 0. The van der Waals surface area contributed by atoms with Crippen LogP contribution in [0, 0.1) is 6.92 Å². The van der Waals surface area contributed by atoms with Crippen LogP contribution in [0.4, 0.5) is 0 Å². The van der Waals surface area contributed by atoms with Crippen LogP contribution in [0.2, 0.25) is 0 Å². The number of aromatic nitrogens is 1. The molecule has 0 fully saturated rings. The molecule has 0 spiro atoms. The van der Waals surface area contributed by atoms with Crippen LogP contribution in [0.1, 0.15) is 17.7 Å². The van der Waals surface area contributed by atoms with Crippen molar-refractivity contribution < 1.29 is 0 Å². The number of aryl methyl sites for hydroxylation is 1. The minimum absolute atomic E-state index is 1.02. The SMILES string of the molecule is CNCCC=Cc1cccnc1C. The molecule has 0 aliphatic heterocycles. The second-order valence-corrected chi connectivity index (χ2v) is 2.97. The van der Waals surface area contributed by atoms with Crippen LogP contribution in [0.5, 0.6) is 0 Å². The third-order valence-corrected chi connectivity index (χ3v) is 1.91. The lowest BCUT2D eigenvalue weighted by atomic mass is 10.2. The van der Waals surface area contributed by atoms with Gasteiger partial charge in [-0.15, -0.1) is 0 Å². The highest BCUT2D eigenvalue weighted by Gasteiger charge is 1.90. The fourth-order valence-electron chi connectivity index (χ4n) is 1.11. The van der Waals surface area contributed by atoms with Crippen molar-refractivity contribution in [3.05, 3.63) is 35.7 Å². The Balaban J connectivity index is 2.53. The molecule has 0 aliphatic rings. The highest BCUT2D eigenvalue weighted by Crippen LogP contribution is 2.05. The number of hydrogen-bond donors (Lipinski definition) is 1. The zero-order valence-electron chi connectivity index (χ0n) is 8.25. The first-order valence-electron chi connectivity index (χ1n) is 4.57. The molecule has 1 aromatic heterocycles. The number of nitrogens with one attached hydrogen (secondary N) is 1. The normalized spacial score (nSPS) is 10.9. The van der Waals surface area contributed by atoms with Crippen LogP contribution < -0.4 is 5.32 Å². The Bertz CT molecular complexity index is 279. The van der Waals surface area contributed by atoms with Crippen molar-refractivity contribution in [3.8, 4) is 0 Å². The first-order valence-corrected chi connectivity index (χ1v) is 4.57. The predicted octanol–water partition coefficient (Wildman–Crippen LogP) is 2.01. The lowest BCUT2D eigenvalue weighted by molar-refractivity contribution is 0.809. The van der Waals surface area contributed by atoms with E-state index < -0.39 is 0 Å². The van der Waals surface area contributed by atoms with Crippen molar-refractivity contribution >= 4 is 6.08 Å². The van der Waals surface area contributed by atoms with Gasteiger partial charge in [0, 0.05) is 11.9 Å². The second-order valence-electron chi connectivity index (χ2n) is 2.97. The van der Waals surface area contributed by atoms with Gasteiger partial charge in [-0.3, -0.25) is 4.98 Å². The van der Waals surface area contributed by atoms with Gasteiger partial charge in [0.05, 0.1) is 0 Å². The van der Waals surface area contributed by atoms with Gasteiger partial charge in [0.2, 0.25) is 0 Å². The molecule has 1 N–H and O–H groups in total. The van der Waals surface area contributed by atoms with Crippen LogP contribution in [-0.4, -0.2) is 18.6 Å². The van der Waals surface area contributed by atoms with Gasteiger partial charge in [-0.1, -0.05) is 18.2 Å². The van der Waals surface area contributed by atoms with Gasteiger partial charge in [-0.25, -0.2) is 0 Å². The topological polar surface area (TPSA) is 24.9 Å². The van der Waals surface area contributed by atoms with Crippen LogP contribution >= 0.6 is 0 Å². The quantitative estimate of drug-likeness (QED) is 0.710. The molecule has 0 atom stereocenters. The van der Waals surface area contributed by atoms with E-state index in [9.17, 15) is 0 Å². The maximum Gasteiger partial charge on any atom is 0.0444 e. The van der Waals surface area contributed by atoms with Crippen LogP contribution in [0.3, 0.4) is 0 Å². The molecule has 0 amide bonds. The summed E-state index contributed by atoms with van der Waals surface area (Å²) >= 11 is 0. The summed E-state index contributed by atoms with van der Waals surface area (Å²) in [5.74, 6) is 0. The summed E-state index contributed by atoms with van der Waals surface area (Å²) in [4.78, 5) is 4.21. The fraction of sp³-hybridized carbons (Fsp3) is 0.364. The Hall–Kier alpha value is -1.15. The van der Waals surface area contributed by atoms with Gasteiger partial charge in [0.25, 0.3) is 0 Å². The number of pyridine rings is 1. The Morgan fingerprint density at radius 1 is 1.54 bits per heavy atom. The van der Waals surface area contributed by atoms with Gasteiger partial charge in [0.15, 0.2) is 0 Å². The Morgan fingerprint density at radius 2 is 2.38 bits per heavy atom. The van der Waals surface area contributed by atoms with Gasteiger partial charge in [0.1, 0.15) is 0 Å². The maximum absolute atomic E-state index is 4.21. The number of hydrogen-bond acceptors (Lipinski definition) is 2. The Kier molecular flexibility index (Phi) is 4.19. The summed E-state index contributed by atoms with van der Waals surface area (Å²) in [6.45, 7) is 3.05. The van der Waals surface area contributed by atoms with Crippen molar-refractivity contribution in [1.29, 1.82) is 0 Å². The molecule has 0 radical (unpaired) electrons. The molecule has 1 aromatic rings. The highest BCUT2D eigenvalue weighted by molar-refractivity contribution is 5.50. The monoisotopic (exact) mass is 176 g/mol. The predicted molar refractivity (Wildman–Crippen MR) is 56.6 cm³/mol. The summed E-state index contributed by atoms with van der Waals surface area (Å²) in [6.07, 6.45) is 7.17. The molecule has 0 aliphatic carbocycles. The summed E-state index contributed by atoms with van der Waals surface area (Å²) in [6, 6.07) is 4.04. The Labute approximate surface area is 79.7 Å². The van der Waals surface area contributed by atoms with Crippen molar-refractivity contribution in [2.75, 3.05) is 13.6 Å². The molecule has 0 aromatic carbocycles. The van der Waals surface area contributed by atoms with Gasteiger partial charge in [-0.05, 0) is 38.6 Å². The third kappa shape index (κ3) is 3.38. The zero-order chi connectivity index (χ0) is 9.52. The fourth-order valence-corrected chi connectivity index (χ4v) is 1.11. The van der Waals surface area contributed by atoms with Crippen molar-refractivity contribution in [3.63, 3.8) is 0 Å². The largest absolute Gasteiger partial charge is 0.319 e. The lowest BCUT2D eigenvalue weighted by Crippen LogP contribution is -2.05. The first-order chi connectivity index (χ1) is 6.34. The summed E-state index contributed by atoms with van der Waals surface area (Å²) in [7, 11) is 1.96. The van der Waals surface area contributed by atoms with Crippen molar-refractivity contribution in [1.82, 2.24) is 10.3 Å². The third-order valence-electron chi connectivity index (χ3n) is 1.91. The van der Waals surface area contributed by atoms with Gasteiger partial charge >= 0.3 is 0 Å². The highest BCUT2D eigenvalue weighted by atomic mass is 14.8. The molecule has 2 nitrogen and oxygen atoms in total. The molecule has 1 rings (SSSR count). The van der Waals surface area contributed by atoms with Crippen LogP contribution in [-0.2, 0) is 0 Å². The molecule has 2 heteroatoms. The van der Waals surface area contributed by atoms with Gasteiger partial charge < -0.3 is 5.32 Å². The molecule has 0 saturated carbocycles. The van der Waals surface area contributed by atoms with E-state index in [1.807, 2.05) is 26.2 Å². The van der Waals surface area contributed by atoms with E-state index >= 15 is 0 Å². The standard InChI is InChI=1S/C11H16N2/c1-10-11(7-5-9-13-10)6-3-4-8-12-2/h3,5-7,9,12H,4,8H2,1-2H3. The minimum atomic E-state index is 1.02. The first kappa shape index (κ1) is 9.93. The number of nitrogens with zero attached hydrogens (tertiary/aromatic N) is 1. The Morgan fingerprint density at radius 3 is 3.08 bits per heavy atom. The molecule has 0 bridgehead atoms. The molecular weight excluding hydrogens is 160 g/mol. The lowest BCUT2D eigenvalue weighted by Gasteiger charge is -1.97. The maximum atomic E-state index is 4.21. The van der Waals surface area contributed by atoms with E-state index in [1.165, 1.54) is 5.56 Å². The van der Waals surface area contributed by atoms with Crippen molar-refractivity contribution in [2.45, 2.75) is 13.3 Å². The number of rotatable bonds is 4. The minimum Gasteiger partial charge on any atom is -0.319 e. The smallest absolute Gasteiger partial charge is 0.0444 e. The molecular formula is C11H16N2. The second kappa shape index (κ2) is 5.49. The van der Waals surface area contributed by atoms with Crippen molar-refractivity contribution in [2.24, 2.45) is 0 Å². The van der Waals surface area contributed by atoms with E-state index in [0.29, 0.717) is 0 Å². The van der Waals surface area contributed by atoms with E-state index in [0.717, 1.165) is 18.7 Å². The van der Waals surface area contributed by atoms with Crippen LogP contribution in [0.15, 0.2) is 24.4 Å². The van der Waals surface area contributed by atoms with Crippen LogP contribution in [0.25, 0.3) is 6.08 Å². The van der Waals surface area contributed by atoms with E-state index in [2.05, 4.69) is 28.5 Å². The van der Waals surface area contributed by atoms with E-state index in [4.69, 9.17) is 0 Å².